The highest BCUT2D eigenvalue weighted by Crippen LogP contribution is 2.25. The third kappa shape index (κ3) is 4.29. The minimum atomic E-state index is -1.10. The predicted octanol–water partition coefficient (Wildman–Crippen LogP) is 2.14. The molecule has 7 heteroatoms. The van der Waals surface area contributed by atoms with Crippen molar-refractivity contribution in [2.45, 2.75) is 58.9 Å². The van der Waals surface area contributed by atoms with Gasteiger partial charge in [-0.2, -0.15) is 0 Å². The van der Waals surface area contributed by atoms with Gasteiger partial charge < -0.3 is 10.0 Å². The van der Waals surface area contributed by atoms with Gasteiger partial charge in [0.1, 0.15) is 6.54 Å². The van der Waals surface area contributed by atoms with E-state index in [1.807, 2.05) is 13.8 Å². The number of rotatable bonds is 9. The molecule has 0 aliphatic carbocycles. The third-order valence-corrected chi connectivity index (χ3v) is 3.91. The standard InChI is InChI=1S/C15H26N4O3/c1-5-8-9-18(4)12(20)10-19-14(11(6-2)7-3)13(15(21)22)16-17-19/h11H,5-10H2,1-4H3,(H,21,22). The summed E-state index contributed by atoms with van der Waals surface area (Å²) in [7, 11) is 1.75. The molecule has 0 saturated heterocycles. The second kappa shape index (κ2) is 8.51. The first-order valence-corrected chi connectivity index (χ1v) is 7.86. The molecular formula is C15H26N4O3. The molecule has 0 spiro atoms. The Bertz CT molecular complexity index is 509. The summed E-state index contributed by atoms with van der Waals surface area (Å²) in [6, 6.07) is 0. The van der Waals surface area contributed by atoms with E-state index in [1.165, 1.54) is 4.68 Å². The maximum atomic E-state index is 12.2. The molecule has 0 fully saturated rings. The Balaban J connectivity index is 2.99. The molecule has 0 radical (unpaired) electrons. The number of carbonyl (C=O) groups excluding carboxylic acids is 1. The van der Waals surface area contributed by atoms with E-state index in [-0.39, 0.29) is 24.1 Å². The van der Waals surface area contributed by atoms with Crippen molar-refractivity contribution in [1.82, 2.24) is 19.9 Å². The van der Waals surface area contributed by atoms with Crippen molar-refractivity contribution in [3.63, 3.8) is 0 Å². The average molecular weight is 310 g/mol. The van der Waals surface area contributed by atoms with E-state index < -0.39 is 5.97 Å². The molecule has 1 heterocycles. The highest BCUT2D eigenvalue weighted by atomic mass is 16.4. The lowest BCUT2D eigenvalue weighted by Crippen LogP contribution is -2.32. The van der Waals surface area contributed by atoms with E-state index in [0.29, 0.717) is 12.2 Å². The summed E-state index contributed by atoms with van der Waals surface area (Å²) in [5.41, 5.74) is 0.507. The zero-order valence-electron chi connectivity index (χ0n) is 13.9. The van der Waals surface area contributed by atoms with Crippen molar-refractivity contribution < 1.29 is 14.7 Å². The number of carbonyl (C=O) groups is 2. The van der Waals surface area contributed by atoms with E-state index in [1.54, 1.807) is 11.9 Å². The van der Waals surface area contributed by atoms with Crippen molar-refractivity contribution in [2.75, 3.05) is 13.6 Å². The number of aromatic nitrogens is 3. The SMILES string of the molecule is CCCCN(C)C(=O)Cn1nnc(C(=O)O)c1C(CC)CC. The second-order valence-corrected chi connectivity index (χ2v) is 5.47. The molecule has 0 bridgehead atoms. The molecule has 1 N–H and O–H groups in total. The Hall–Kier alpha value is -1.92. The third-order valence-electron chi connectivity index (χ3n) is 3.91. The summed E-state index contributed by atoms with van der Waals surface area (Å²) in [5.74, 6) is -1.14. The summed E-state index contributed by atoms with van der Waals surface area (Å²) >= 11 is 0. The van der Waals surface area contributed by atoms with Crippen LogP contribution in [0.2, 0.25) is 0 Å². The van der Waals surface area contributed by atoms with Gasteiger partial charge in [-0.1, -0.05) is 32.4 Å². The fraction of sp³-hybridized carbons (Fsp3) is 0.733. The van der Waals surface area contributed by atoms with Gasteiger partial charge in [0.05, 0.1) is 5.69 Å². The van der Waals surface area contributed by atoms with Crippen LogP contribution < -0.4 is 0 Å². The van der Waals surface area contributed by atoms with Gasteiger partial charge in [-0.15, -0.1) is 5.10 Å². The fourth-order valence-corrected chi connectivity index (χ4v) is 2.44. The molecule has 1 aromatic rings. The molecule has 0 atom stereocenters. The van der Waals surface area contributed by atoms with Gasteiger partial charge in [-0.3, -0.25) is 4.79 Å². The molecule has 1 aromatic heterocycles. The number of amides is 1. The molecule has 0 unspecified atom stereocenters. The molecule has 0 aliphatic heterocycles. The Morgan fingerprint density at radius 2 is 1.91 bits per heavy atom. The minimum absolute atomic E-state index is 0.0341. The Kier molecular flexibility index (Phi) is 7.01. The van der Waals surface area contributed by atoms with Crippen LogP contribution in [0.25, 0.3) is 0 Å². The molecule has 1 amide bonds. The Morgan fingerprint density at radius 3 is 2.41 bits per heavy atom. The number of carboxylic acids is 1. The van der Waals surface area contributed by atoms with Crippen LogP contribution in [-0.4, -0.2) is 50.5 Å². The number of carboxylic acid groups (broad SMARTS) is 1. The number of aromatic carboxylic acids is 1. The van der Waals surface area contributed by atoms with Crippen LogP contribution in [0.15, 0.2) is 0 Å². The van der Waals surface area contributed by atoms with Crippen LogP contribution in [0.3, 0.4) is 0 Å². The van der Waals surface area contributed by atoms with Crippen molar-refractivity contribution in [3.8, 4) is 0 Å². The highest BCUT2D eigenvalue weighted by molar-refractivity contribution is 5.87. The van der Waals surface area contributed by atoms with Crippen LogP contribution in [-0.2, 0) is 11.3 Å². The van der Waals surface area contributed by atoms with Gasteiger partial charge in [0.2, 0.25) is 5.91 Å². The van der Waals surface area contributed by atoms with Crippen LogP contribution in [0, 0.1) is 0 Å². The van der Waals surface area contributed by atoms with Crippen LogP contribution in [0.5, 0.6) is 0 Å². The quantitative estimate of drug-likeness (QED) is 0.755. The zero-order chi connectivity index (χ0) is 16.7. The molecular weight excluding hydrogens is 284 g/mol. The topological polar surface area (TPSA) is 88.3 Å². The average Bonchev–Trinajstić information content (AvgIpc) is 2.90. The highest BCUT2D eigenvalue weighted by Gasteiger charge is 2.26. The molecule has 124 valence electrons. The molecule has 7 nitrogen and oxygen atoms in total. The summed E-state index contributed by atoms with van der Waals surface area (Å²) in [6.07, 6.45) is 3.52. The summed E-state index contributed by atoms with van der Waals surface area (Å²) < 4.78 is 1.45. The van der Waals surface area contributed by atoms with E-state index >= 15 is 0 Å². The van der Waals surface area contributed by atoms with Crippen LogP contribution in [0.1, 0.15) is 68.6 Å². The first-order valence-electron chi connectivity index (χ1n) is 7.86. The molecule has 22 heavy (non-hydrogen) atoms. The monoisotopic (exact) mass is 310 g/mol. The normalized spacial score (nSPS) is 11.0. The van der Waals surface area contributed by atoms with Crippen LogP contribution >= 0.6 is 0 Å². The number of likely N-dealkylation sites (N-methyl/N-ethyl adjacent to an activating group) is 1. The smallest absolute Gasteiger partial charge is 0.358 e. The molecule has 0 saturated carbocycles. The van der Waals surface area contributed by atoms with Crippen molar-refractivity contribution >= 4 is 11.9 Å². The van der Waals surface area contributed by atoms with Crippen LogP contribution in [0.4, 0.5) is 0 Å². The summed E-state index contributed by atoms with van der Waals surface area (Å²) in [4.78, 5) is 25.2. The second-order valence-electron chi connectivity index (χ2n) is 5.47. The van der Waals surface area contributed by atoms with Gasteiger partial charge in [0, 0.05) is 19.5 Å². The first-order chi connectivity index (χ1) is 10.5. The largest absolute Gasteiger partial charge is 0.476 e. The lowest BCUT2D eigenvalue weighted by Gasteiger charge is -2.19. The number of hydrogen-bond acceptors (Lipinski definition) is 4. The van der Waals surface area contributed by atoms with Crippen molar-refractivity contribution in [2.24, 2.45) is 0 Å². The maximum absolute atomic E-state index is 12.2. The van der Waals surface area contributed by atoms with Gasteiger partial charge in [-0.05, 0) is 19.3 Å². The number of unbranched alkanes of at least 4 members (excludes halogenated alkanes) is 1. The molecule has 0 aliphatic rings. The zero-order valence-corrected chi connectivity index (χ0v) is 13.9. The number of hydrogen-bond donors (Lipinski definition) is 1. The maximum Gasteiger partial charge on any atom is 0.358 e. The Labute approximate surface area is 131 Å². The summed E-state index contributed by atoms with van der Waals surface area (Å²) in [5, 5.41) is 16.9. The summed E-state index contributed by atoms with van der Waals surface area (Å²) in [6.45, 7) is 6.78. The predicted molar refractivity (Wildman–Crippen MR) is 82.8 cm³/mol. The molecule has 1 rings (SSSR count). The van der Waals surface area contributed by atoms with Gasteiger partial charge >= 0.3 is 5.97 Å². The van der Waals surface area contributed by atoms with Crippen molar-refractivity contribution in [3.05, 3.63) is 11.4 Å². The van der Waals surface area contributed by atoms with Gasteiger partial charge in [0.15, 0.2) is 5.69 Å². The molecule has 0 aromatic carbocycles. The van der Waals surface area contributed by atoms with Crippen molar-refractivity contribution in [1.29, 1.82) is 0 Å². The van der Waals surface area contributed by atoms with E-state index in [9.17, 15) is 14.7 Å². The lowest BCUT2D eigenvalue weighted by molar-refractivity contribution is -0.130. The van der Waals surface area contributed by atoms with E-state index in [0.717, 1.165) is 25.7 Å². The van der Waals surface area contributed by atoms with Gasteiger partial charge in [0.25, 0.3) is 0 Å². The Morgan fingerprint density at radius 1 is 1.27 bits per heavy atom. The number of nitrogens with zero attached hydrogens (tertiary/aromatic N) is 4. The minimum Gasteiger partial charge on any atom is -0.476 e. The lowest BCUT2D eigenvalue weighted by atomic mass is 9.97. The fourth-order valence-electron chi connectivity index (χ4n) is 2.44. The van der Waals surface area contributed by atoms with E-state index in [4.69, 9.17) is 0 Å². The van der Waals surface area contributed by atoms with E-state index in [2.05, 4.69) is 17.2 Å². The first kappa shape index (κ1) is 18.1. The van der Waals surface area contributed by atoms with Gasteiger partial charge in [-0.25, -0.2) is 9.48 Å².